The van der Waals surface area contributed by atoms with E-state index >= 15 is 0 Å². The fourth-order valence-electron chi connectivity index (χ4n) is 3.26. The van der Waals surface area contributed by atoms with Gasteiger partial charge in [0.2, 0.25) is 0 Å². The second-order valence-corrected chi connectivity index (χ2v) is 6.09. The molecular formula is C17H24O5. The molecule has 2 fully saturated rings. The van der Waals surface area contributed by atoms with Crippen molar-refractivity contribution in [3.8, 4) is 0 Å². The fourth-order valence-corrected chi connectivity index (χ4v) is 3.26. The number of aliphatic hydroxyl groups is 2. The van der Waals surface area contributed by atoms with Crippen molar-refractivity contribution >= 4 is 0 Å². The molecule has 1 heterocycles. The second-order valence-electron chi connectivity index (χ2n) is 6.09. The Bertz CT molecular complexity index is 473. The van der Waals surface area contributed by atoms with Gasteiger partial charge in [-0.3, -0.25) is 0 Å². The molecule has 0 unspecified atom stereocenters. The highest BCUT2D eigenvalue weighted by molar-refractivity contribution is 5.14. The average Bonchev–Trinajstić information content (AvgIpc) is 3.33. The number of benzene rings is 1. The maximum absolute atomic E-state index is 10.4. The van der Waals surface area contributed by atoms with Gasteiger partial charge in [0.05, 0.1) is 24.7 Å². The molecule has 1 spiro atoms. The zero-order valence-electron chi connectivity index (χ0n) is 12.9. The molecule has 1 saturated heterocycles. The van der Waals surface area contributed by atoms with Crippen LogP contribution in [0.5, 0.6) is 0 Å². The van der Waals surface area contributed by atoms with E-state index in [0.29, 0.717) is 13.2 Å². The third kappa shape index (κ3) is 2.92. The number of hydrogen-bond acceptors (Lipinski definition) is 5. The molecule has 0 bridgehead atoms. The normalized spacial score (nSPS) is 33.0. The van der Waals surface area contributed by atoms with Crippen LogP contribution in [0.25, 0.3) is 0 Å². The van der Waals surface area contributed by atoms with Crippen molar-refractivity contribution in [2.24, 2.45) is 5.41 Å². The minimum atomic E-state index is -0.816. The van der Waals surface area contributed by atoms with Gasteiger partial charge in [-0.05, 0) is 25.3 Å². The highest BCUT2D eigenvalue weighted by atomic mass is 16.7. The summed E-state index contributed by atoms with van der Waals surface area (Å²) in [5.41, 5.74) is 0.789. The van der Waals surface area contributed by atoms with Gasteiger partial charge in [0.1, 0.15) is 12.2 Å². The summed E-state index contributed by atoms with van der Waals surface area (Å²) in [4.78, 5) is 0. The van der Waals surface area contributed by atoms with Crippen molar-refractivity contribution in [2.45, 2.75) is 51.0 Å². The van der Waals surface area contributed by atoms with Crippen molar-refractivity contribution in [1.29, 1.82) is 0 Å². The summed E-state index contributed by atoms with van der Waals surface area (Å²) in [5.74, 6) is 0. The predicted molar refractivity (Wildman–Crippen MR) is 80.1 cm³/mol. The summed E-state index contributed by atoms with van der Waals surface area (Å²) in [5, 5.41) is 19.8. The molecule has 22 heavy (non-hydrogen) atoms. The van der Waals surface area contributed by atoms with Gasteiger partial charge in [0.25, 0.3) is 0 Å². The summed E-state index contributed by atoms with van der Waals surface area (Å²) in [6, 6.07) is 9.90. The van der Waals surface area contributed by atoms with Gasteiger partial charge in [-0.2, -0.15) is 0 Å². The summed E-state index contributed by atoms with van der Waals surface area (Å²) < 4.78 is 17.6. The van der Waals surface area contributed by atoms with Gasteiger partial charge in [-0.1, -0.05) is 30.3 Å². The van der Waals surface area contributed by atoms with Crippen molar-refractivity contribution in [3.05, 3.63) is 35.9 Å². The number of hydrogen-bond donors (Lipinski definition) is 2. The van der Waals surface area contributed by atoms with E-state index < -0.39 is 18.5 Å². The molecule has 1 aromatic rings. The summed E-state index contributed by atoms with van der Waals surface area (Å²) in [7, 11) is 0. The molecule has 3 rings (SSSR count). The monoisotopic (exact) mass is 308 g/mol. The molecule has 0 aromatic heterocycles. The van der Waals surface area contributed by atoms with Crippen LogP contribution in [-0.2, 0) is 20.8 Å². The Labute approximate surface area is 130 Å². The van der Waals surface area contributed by atoms with E-state index in [0.717, 1.165) is 18.4 Å². The van der Waals surface area contributed by atoms with Crippen molar-refractivity contribution in [1.82, 2.24) is 0 Å². The Morgan fingerprint density at radius 3 is 2.55 bits per heavy atom. The first-order valence-electron chi connectivity index (χ1n) is 7.93. The van der Waals surface area contributed by atoms with Gasteiger partial charge in [0.15, 0.2) is 6.29 Å². The number of aliphatic hydroxyl groups excluding tert-OH is 2. The van der Waals surface area contributed by atoms with Crippen molar-refractivity contribution in [2.75, 3.05) is 13.2 Å². The minimum Gasteiger partial charge on any atom is -0.394 e. The highest BCUT2D eigenvalue weighted by Crippen LogP contribution is 2.58. The molecule has 5 nitrogen and oxygen atoms in total. The van der Waals surface area contributed by atoms with E-state index in [4.69, 9.17) is 14.2 Å². The third-order valence-electron chi connectivity index (χ3n) is 4.62. The molecule has 2 N–H and O–H groups in total. The van der Waals surface area contributed by atoms with Gasteiger partial charge >= 0.3 is 0 Å². The van der Waals surface area contributed by atoms with Crippen LogP contribution in [0.3, 0.4) is 0 Å². The largest absolute Gasteiger partial charge is 0.394 e. The molecule has 1 aliphatic carbocycles. The average molecular weight is 308 g/mol. The van der Waals surface area contributed by atoms with Crippen LogP contribution in [-0.4, -0.2) is 48.0 Å². The fraction of sp³-hybridized carbons (Fsp3) is 0.647. The molecule has 1 saturated carbocycles. The Hall–Kier alpha value is -0.980. The van der Waals surface area contributed by atoms with Crippen LogP contribution in [0, 0.1) is 5.41 Å². The summed E-state index contributed by atoms with van der Waals surface area (Å²) >= 11 is 0. The Kier molecular flexibility index (Phi) is 4.80. The van der Waals surface area contributed by atoms with Gasteiger partial charge in [-0.25, -0.2) is 0 Å². The van der Waals surface area contributed by atoms with Gasteiger partial charge < -0.3 is 24.4 Å². The minimum absolute atomic E-state index is 0.244. The van der Waals surface area contributed by atoms with E-state index in [1.807, 2.05) is 37.3 Å². The van der Waals surface area contributed by atoms with E-state index in [1.165, 1.54) is 0 Å². The van der Waals surface area contributed by atoms with Crippen molar-refractivity contribution in [3.63, 3.8) is 0 Å². The lowest BCUT2D eigenvalue weighted by Gasteiger charge is -2.44. The lowest BCUT2D eigenvalue weighted by atomic mass is 9.87. The number of rotatable bonds is 6. The maximum atomic E-state index is 10.4. The second kappa shape index (κ2) is 6.64. The van der Waals surface area contributed by atoms with E-state index in [1.54, 1.807) is 0 Å². The standard InChI is InChI=1S/C17H24O5/c1-2-20-15-14(19)13(10-18)22-16(17(15)8-9-17)21-11-12-6-4-3-5-7-12/h3-7,13-16,18-19H,2,8-11H2,1H3/t13-,14-,15+,16+/m0/s1. The summed E-state index contributed by atoms with van der Waals surface area (Å²) in [6.07, 6.45) is -0.458. The lowest BCUT2D eigenvalue weighted by Crippen LogP contribution is -2.58. The predicted octanol–water partition coefficient (Wildman–Crippen LogP) is 1.47. The van der Waals surface area contributed by atoms with E-state index in [-0.39, 0.29) is 18.1 Å². The zero-order chi connectivity index (χ0) is 15.6. The molecule has 1 aliphatic heterocycles. The lowest BCUT2D eigenvalue weighted by molar-refractivity contribution is -0.305. The first kappa shape index (κ1) is 15.9. The first-order chi connectivity index (χ1) is 10.7. The van der Waals surface area contributed by atoms with Crippen molar-refractivity contribution < 1.29 is 24.4 Å². The number of ether oxygens (including phenoxy) is 3. The van der Waals surface area contributed by atoms with E-state index in [9.17, 15) is 10.2 Å². The quantitative estimate of drug-likeness (QED) is 0.833. The van der Waals surface area contributed by atoms with Crippen LogP contribution in [0.2, 0.25) is 0 Å². The maximum Gasteiger partial charge on any atom is 0.166 e. The topological polar surface area (TPSA) is 68.2 Å². The van der Waals surface area contributed by atoms with Gasteiger partial charge in [-0.15, -0.1) is 0 Å². The van der Waals surface area contributed by atoms with Crippen LogP contribution in [0.15, 0.2) is 30.3 Å². The molecular weight excluding hydrogens is 284 g/mol. The Balaban J connectivity index is 1.72. The van der Waals surface area contributed by atoms with Crippen LogP contribution in [0.4, 0.5) is 0 Å². The molecule has 5 heteroatoms. The first-order valence-corrected chi connectivity index (χ1v) is 7.93. The smallest absolute Gasteiger partial charge is 0.166 e. The Morgan fingerprint density at radius 2 is 1.95 bits per heavy atom. The van der Waals surface area contributed by atoms with Gasteiger partial charge in [0, 0.05) is 6.61 Å². The molecule has 122 valence electrons. The highest BCUT2D eigenvalue weighted by Gasteiger charge is 2.64. The molecule has 4 atom stereocenters. The third-order valence-corrected chi connectivity index (χ3v) is 4.62. The SMILES string of the molecule is CCO[C@@H]1[C@@H](O)[C@H](CO)O[C@@H](OCc2ccccc2)C12CC2. The Morgan fingerprint density at radius 1 is 1.23 bits per heavy atom. The molecule has 1 aromatic carbocycles. The van der Waals surface area contributed by atoms with Crippen LogP contribution >= 0.6 is 0 Å². The molecule has 2 aliphatic rings. The zero-order valence-corrected chi connectivity index (χ0v) is 12.9. The molecule has 0 radical (unpaired) electrons. The summed E-state index contributed by atoms with van der Waals surface area (Å²) in [6.45, 7) is 2.63. The van der Waals surface area contributed by atoms with Crippen LogP contribution in [0.1, 0.15) is 25.3 Å². The molecule has 0 amide bonds. The van der Waals surface area contributed by atoms with Crippen LogP contribution < -0.4 is 0 Å². The van der Waals surface area contributed by atoms with E-state index in [2.05, 4.69) is 0 Å².